The molecule has 0 unspecified atom stereocenters. The number of likely N-dealkylation sites (N-methyl/N-ethyl adjacent to an activating group) is 1. The summed E-state index contributed by atoms with van der Waals surface area (Å²) in [6.07, 6.45) is 1.13. The summed E-state index contributed by atoms with van der Waals surface area (Å²) in [6, 6.07) is 19.3. The zero-order chi connectivity index (χ0) is 14.9. The monoisotopic (exact) mass is 282 g/mol. The van der Waals surface area contributed by atoms with Crippen LogP contribution in [0.25, 0.3) is 0 Å². The standard InChI is InChI=1S/C19H26N2/c1-3-21(4-2)15-14-17-10-12-18(13-11-17)16-20-19-8-6-5-7-9-19/h5-13,20H,3-4,14-16H2,1-2H3. The average molecular weight is 282 g/mol. The van der Waals surface area contributed by atoms with Crippen molar-refractivity contribution in [3.63, 3.8) is 0 Å². The fraction of sp³-hybridized carbons (Fsp3) is 0.368. The highest BCUT2D eigenvalue weighted by molar-refractivity contribution is 5.43. The number of hydrogen-bond acceptors (Lipinski definition) is 2. The Kier molecular flexibility index (Phi) is 6.29. The highest BCUT2D eigenvalue weighted by Gasteiger charge is 2.00. The molecular weight excluding hydrogens is 256 g/mol. The molecule has 2 heteroatoms. The third kappa shape index (κ3) is 5.24. The summed E-state index contributed by atoms with van der Waals surface area (Å²) in [5, 5.41) is 3.44. The van der Waals surface area contributed by atoms with Crippen molar-refractivity contribution in [1.29, 1.82) is 0 Å². The van der Waals surface area contributed by atoms with Crippen molar-refractivity contribution in [1.82, 2.24) is 4.90 Å². The molecule has 0 heterocycles. The van der Waals surface area contributed by atoms with Crippen LogP contribution in [-0.4, -0.2) is 24.5 Å². The van der Waals surface area contributed by atoms with Crippen LogP contribution >= 0.6 is 0 Å². The Morgan fingerprint density at radius 1 is 0.810 bits per heavy atom. The maximum absolute atomic E-state index is 3.44. The number of nitrogens with zero attached hydrogens (tertiary/aromatic N) is 1. The molecule has 2 aromatic rings. The lowest BCUT2D eigenvalue weighted by Crippen LogP contribution is -2.25. The van der Waals surface area contributed by atoms with E-state index in [9.17, 15) is 0 Å². The first-order valence-corrected chi connectivity index (χ1v) is 7.91. The zero-order valence-electron chi connectivity index (χ0n) is 13.2. The highest BCUT2D eigenvalue weighted by atomic mass is 15.1. The fourth-order valence-corrected chi connectivity index (χ4v) is 2.41. The summed E-state index contributed by atoms with van der Waals surface area (Å²) in [7, 11) is 0. The maximum atomic E-state index is 3.44. The van der Waals surface area contributed by atoms with Gasteiger partial charge in [0.2, 0.25) is 0 Å². The first kappa shape index (κ1) is 15.6. The van der Waals surface area contributed by atoms with Gasteiger partial charge in [-0.3, -0.25) is 0 Å². The second kappa shape index (κ2) is 8.48. The molecule has 0 fully saturated rings. The molecular formula is C19H26N2. The van der Waals surface area contributed by atoms with E-state index >= 15 is 0 Å². The Morgan fingerprint density at radius 2 is 1.43 bits per heavy atom. The molecule has 2 nitrogen and oxygen atoms in total. The molecule has 0 radical (unpaired) electrons. The van der Waals surface area contributed by atoms with Crippen LogP contribution in [0.3, 0.4) is 0 Å². The molecule has 0 saturated heterocycles. The minimum absolute atomic E-state index is 0.875. The maximum Gasteiger partial charge on any atom is 0.0400 e. The van der Waals surface area contributed by atoms with E-state index in [2.05, 4.69) is 72.6 Å². The van der Waals surface area contributed by atoms with Gasteiger partial charge in [0.15, 0.2) is 0 Å². The van der Waals surface area contributed by atoms with Crippen molar-refractivity contribution in [2.45, 2.75) is 26.8 Å². The zero-order valence-corrected chi connectivity index (χ0v) is 13.2. The van der Waals surface area contributed by atoms with Crippen molar-refractivity contribution in [3.8, 4) is 0 Å². The lowest BCUT2D eigenvalue weighted by molar-refractivity contribution is 0.308. The van der Waals surface area contributed by atoms with Gasteiger partial charge in [-0.15, -0.1) is 0 Å². The van der Waals surface area contributed by atoms with Crippen molar-refractivity contribution in [3.05, 3.63) is 65.7 Å². The molecule has 0 saturated carbocycles. The fourth-order valence-electron chi connectivity index (χ4n) is 2.41. The van der Waals surface area contributed by atoms with E-state index in [1.165, 1.54) is 16.8 Å². The molecule has 0 spiro atoms. The van der Waals surface area contributed by atoms with E-state index in [1.807, 2.05) is 6.07 Å². The molecule has 0 atom stereocenters. The molecule has 0 aliphatic rings. The van der Waals surface area contributed by atoms with Crippen LogP contribution in [0.15, 0.2) is 54.6 Å². The molecule has 0 bridgehead atoms. The second-order valence-electron chi connectivity index (χ2n) is 5.31. The Bertz CT molecular complexity index is 501. The van der Waals surface area contributed by atoms with E-state index in [4.69, 9.17) is 0 Å². The number of rotatable bonds is 8. The van der Waals surface area contributed by atoms with Crippen molar-refractivity contribution in [2.24, 2.45) is 0 Å². The van der Waals surface area contributed by atoms with Crippen LogP contribution in [0.5, 0.6) is 0 Å². The molecule has 0 aromatic heterocycles. The minimum Gasteiger partial charge on any atom is -0.381 e. The predicted octanol–water partition coefficient (Wildman–Crippen LogP) is 4.18. The Balaban J connectivity index is 1.81. The van der Waals surface area contributed by atoms with Crippen LogP contribution < -0.4 is 5.32 Å². The van der Waals surface area contributed by atoms with Crippen molar-refractivity contribution < 1.29 is 0 Å². The topological polar surface area (TPSA) is 15.3 Å². The van der Waals surface area contributed by atoms with Crippen LogP contribution in [0, 0.1) is 0 Å². The molecule has 112 valence electrons. The van der Waals surface area contributed by atoms with Crippen LogP contribution in [0.1, 0.15) is 25.0 Å². The third-order valence-electron chi connectivity index (χ3n) is 3.90. The molecule has 0 aliphatic heterocycles. The predicted molar refractivity (Wildman–Crippen MR) is 91.7 cm³/mol. The van der Waals surface area contributed by atoms with Gasteiger partial charge in [0.05, 0.1) is 0 Å². The Hall–Kier alpha value is -1.80. The van der Waals surface area contributed by atoms with Gasteiger partial charge in [-0.1, -0.05) is 56.3 Å². The quantitative estimate of drug-likeness (QED) is 0.781. The van der Waals surface area contributed by atoms with E-state index < -0.39 is 0 Å². The van der Waals surface area contributed by atoms with E-state index in [-0.39, 0.29) is 0 Å². The van der Waals surface area contributed by atoms with Gasteiger partial charge in [-0.2, -0.15) is 0 Å². The normalized spacial score (nSPS) is 10.8. The molecule has 2 rings (SSSR count). The highest BCUT2D eigenvalue weighted by Crippen LogP contribution is 2.10. The summed E-state index contributed by atoms with van der Waals surface area (Å²) >= 11 is 0. The van der Waals surface area contributed by atoms with Crippen LogP contribution in [-0.2, 0) is 13.0 Å². The Morgan fingerprint density at radius 3 is 2.05 bits per heavy atom. The largest absolute Gasteiger partial charge is 0.381 e. The number of hydrogen-bond donors (Lipinski definition) is 1. The lowest BCUT2D eigenvalue weighted by Gasteiger charge is -2.17. The molecule has 2 aromatic carbocycles. The van der Waals surface area contributed by atoms with Crippen molar-refractivity contribution in [2.75, 3.05) is 25.0 Å². The molecule has 21 heavy (non-hydrogen) atoms. The summed E-state index contributed by atoms with van der Waals surface area (Å²) in [6.45, 7) is 8.74. The van der Waals surface area contributed by atoms with E-state index in [0.717, 1.165) is 32.6 Å². The first-order chi connectivity index (χ1) is 10.3. The van der Waals surface area contributed by atoms with Crippen LogP contribution in [0.4, 0.5) is 5.69 Å². The number of anilines is 1. The summed E-state index contributed by atoms with van der Waals surface area (Å²) in [4.78, 5) is 2.46. The Labute approximate surface area is 128 Å². The minimum atomic E-state index is 0.875. The third-order valence-corrected chi connectivity index (χ3v) is 3.90. The van der Waals surface area contributed by atoms with Gasteiger partial charge in [0.1, 0.15) is 0 Å². The van der Waals surface area contributed by atoms with Gasteiger partial charge in [-0.25, -0.2) is 0 Å². The molecule has 0 amide bonds. The van der Waals surface area contributed by atoms with Gasteiger partial charge >= 0.3 is 0 Å². The average Bonchev–Trinajstić information content (AvgIpc) is 2.56. The first-order valence-electron chi connectivity index (χ1n) is 7.91. The van der Waals surface area contributed by atoms with Crippen LogP contribution in [0.2, 0.25) is 0 Å². The molecule has 1 N–H and O–H groups in total. The molecule has 0 aliphatic carbocycles. The number of benzene rings is 2. The van der Waals surface area contributed by atoms with Gasteiger partial charge < -0.3 is 10.2 Å². The number of para-hydroxylation sites is 1. The number of nitrogens with one attached hydrogen (secondary N) is 1. The second-order valence-corrected chi connectivity index (χ2v) is 5.31. The van der Waals surface area contributed by atoms with Gasteiger partial charge in [0.25, 0.3) is 0 Å². The van der Waals surface area contributed by atoms with E-state index in [1.54, 1.807) is 0 Å². The van der Waals surface area contributed by atoms with Gasteiger partial charge in [0, 0.05) is 18.8 Å². The summed E-state index contributed by atoms with van der Waals surface area (Å²) in [5.41, 5.74) is 3.92. The lowest BCUT2D eigenvalue weighted by atomic mass is 10.1. The summed E-state index contributed by atoms with van der Waals surface area (Å²) in [5.74, 6) is 0. The van der Waals surface area contributed by atoms with E-state index in [0.29, 0.717) is 0 Å². The van der Waals surface area contributed by atoms with Gasteiger partial charge in [-0.05, 0) is 42.8 Å². The smallest absolute Gasteiger partial charge is 0.0400 e. The van der Waals surface area contributed by atoms with Crippen molar-refractivity contribution >= 4 is 5.69 Å². The SMILES string of the molecule is CCN(CC)CCc1ccc(CNc2ccccc2)cc1. The summed E-state index contributed by atoms with van der Waals surface area (Å²) < 4.78 is 0.